The summed E-state index contributed by atoms with van der Waals surface area (Å²) in [5.41, 5.74) is 4.00. The summed E-state index contributed by atoms with van der Waals surface area (Å²) >= 11 is 6.72. The number of likely N-dealkylation sites (tertiary alicyclic amines) is 1. The molecule has 2 aromatic heterocycles. The van der Waals surface area contributed by atoms with E-state index >= 15 is 0 Å². The molecule has 6 heteroatoms. The van der Waals surface area contributed by atoms with Crippen molar-refractivity contribution in [3.63, 3.8) is 0 Å². The van der Waals surface area contributed by atoms with Crippen molar-refractivity contribution in [1.82, 2.24) is 19.8 Å². The maximum absolute atomic E-state index is 6.72. The number of halogens is 1. The van der Waals surface area contributed by atoms with Gasteiger partial charge in [0, 0.05) is 30.5 Å². The number of rotatable bonds is 5. The first-order valence-electron chi connectivity index (χ1n) is 11.2. The van der Waals surface area contributed by atoms with E-state index in [0.29, 0.717) is 5.54 Å². The SMILES string of the molecule is Clc1cc2ccc(-c3ccccn3)nc2cc1N1C=CN(C2(CN3CCC3)CCC2)C1. The van der Waals surface area contributed by atoms with Crippen LogP contribution in [-0.4, -0.2) is 51.6 Å². The Bertz CT molecular complexity index is 1140. The largest absolute Gasteiger partial charge is 0.351 e. The first-order valence-corrected chi connectivity index (χ1v) is 11.5. The van der Waals surface area contributed by atoms with E-state index in [2.05, 4.69) is 44.2 Å². The molecule has 0 radical (unpaired) electrons. The van der Waals surface area contributed by atoms with Gasteiger partial charge < -0.3 is 14.7 Å². The molecule has 1 aliphatic carbocycles. The van der Waals surface area contributed by atoms with E-state index in [1.165, 1.54) is 45.3 Å². The number of hydrogen-bond donors (Lipinski definition) is 0. The van der Waals surface area contributed by atoms with Gasteiger partial charge in [0.2, 0.25) is 0 Å². The third kappa shape index (κ3) is 3.36. The van der Waals surface area contributed by atoms with E-state index in [4.69, 9.17) is 16.6 Å². The fraction of sp³-hybridized carbons (Fsp3) is 0.360. The summed E-state index contributed by atoms with van der Waals surface area (Å²) in [6, 6.07) is 14.1. The van der Waals surface area contributed by atoms with Gasteiger partial charge in [0.15, 0.2) is 0 Å². The maximum Gasteiger partial charge on any atom is 0.0948 e. The van der Waals surface area contributed by atoms with Crippen LogP contribution >= 0.6 is 11.6 Å². The van der Waals surface area contributed by atoms with Crippen molar-refractivity contribution in [2.24, 2.45) is 0 Å². The van der Waals surface area contributed by atoms with Gasteiger partial charge >= 0.3 is 0 Å². The van der Waals surface area contributed by atoms with Crippen LogP contribution in [0.25, 0.3) is 22.3 Å². The molecule has 5 nitrogen and oxygen atoms in total. The van der Waals surface area contributed by atoms with Crippen LogP contribution in [0, 0.1) is 0 Å². The number of pyridine rings is 2. The minimum Gasteiger partial charge on any atom is -0.351 e. The van der Waals surface area contributed by atoms with Gasteiger partial charge in [-0.15, -0.1) is 0 Å². The van der Waals surface area contributed by atoms with E-state index in [1.54, 1.807) is 6.20 Å². The van der Waals surface area contributed by atoms with Crippen LogP contribution in [0.5, 0.6) is 0 Å². The second-order valence-corrected chi connectivity index (χ2v) is 9.40. The molecule has 31 heavy (non-hydrogen) atoms. The number of aromatic nitrogens is 2. The normalized spacial score (nSPS) is 20.2. The first kappa shape index (κ1) is 19.1. The molecule has 1 saturated heterocycles. The van der Waals surface area contributed by atoms with Crippen molar-refractivity contribution in [2.75, 3.05) is 31.2 Å². The van der Waals surface area contributed by atoms with E-state index < -0.39 is 0 Å². The van der Waals surface area contributed by atoms with Crippen LogP contribution in [0.4, 0.5) is 5.69 Å². The van der Waals surface area contributed by atoms with E-state index in [1.807, 2.05) is 30.3 Å². The highest BCUT2D eigenvalue weighted by molar-refractivity contribution is 6.34. The predicted octanol–water partition coefficient (Wildman–Crippen LogP) is 5.13. The summed E-state index contributed by atoms with van der Waals surface area (Å²) in [4.78, 5) is 16.7. The third-order valence-corrected chi connectivity index (χ3v) is 7.39. The number of hydrogen-bond acceptors (Lipinski definition) is 5. The summed E-state index contributed by atoms with van der Waals surface area (Å²) in [5, 5.41) is 1.80. The predicted molar refractivity (Wildman–Crippen MR) is 126 cm³/mol. The lowest BCUT2D eigenvalue weighted by Gasteiger charge is -2.52. The van der Waals surface area contributed by atoms with Crippen molar-refractivity contribution in [3.05, 3.63) is 66.1 Å². The van der Waals surface area contributed by atoms with Crippen LogP contribution < -0.4 is 4.90 Å². The van der Waals surface area contributed by atoms with Gasteiger partial charge in [0.05, 0.1) is 39.8 Å². The molecule has 2 fully saturated rings. The molecule has 0 atom stereocenters. The summed E-state index contributed by atoms with van der Waals surface area (Å²) in [5.74, 6) is 0. The Morgan fingerprint density at radius 1 is 0.968 bits per heavy atom. The lowest BCUT2D eigenvalue weighted by Crippen LogP contribution is -2.60. The number of benzene rings is 1. The molecule has 0 unspecified atom stereocenters. The van der Waals surface area contributed by atoms with Gasteiger partial charge in [-0.05, 0) is 69.1 Å². The quantitative estimate of drug-likeness (QED) is 0.559. The Hall–Kier alpha value is -2.63. The Kier molecular flexibility index (Phi) is 4.62. The second-order valence-electron chi connectivity index (χ2n) is 8.99. The Labute approximate surface area is 187 Å². The summed E-state index contributed by atoms with van der Waals surface area (Å²) in [6.07, 6.45) is 11.5. The molecule has 3 aliphatic rings. The molecule has 1 aromatic carbocycles. The molecule has 0 spiro atoms. The molecule has 1 saturated carbocycles. The number of nitrogens with zero attached hydrogens (tertiary/aromatic N) is 5. The van der Waals surface area contributed by atoms with Crippen LogP contribution in [0.3, 0.4) is 0 Å². The van der Waals surface area contributed by atoms with Crippen molar-refractivity contribution < 1.29 is 0 Å². The lowest BCUT2D eigenvalue weighted by molar-refractivity contribution is 0.00535. The molecule has 0 N–H and O–H groups in total. The van der Waals surface area contributed by atoms with Crippen molar-refractivity contribution in [3.8, 4) is 11.4 Å². The third-order valence-electron chi connectivity index (χ3n) is 7.09. The van der Waals surface area contributed by atoms with E-state index in [-0.39, 0.29) is 0 Å². The standard InChI is InChI=1S/C25H26ClN5/c26-20-15-19-6-7-22(21-5-1-2-10-27-21)28-23(19)16-24(20)30-13-14-31(18-30)25(8-3-9-25)17-29-11-4-12-29/h1-2,5-7,10,13-16H,3-4,8-9,11-12,17-18H2. The number of anilines is 1. The fourth-order valence-electron chi connectivity index (χ4n) is 4.97. The van der Waals surface area contributed by atoms with Crippen molar-refractivity contribution >= 4 is 28.2 Å². The van der Waals surface area contributed by atoms with Gasteiger partial charge in [-0.2, -0.15) is 0 Å². The zero-order valence-corrected chi connectivity index (χ0v) is 18.3. The van der Waals surface area contributed by atoms with Crippen LogP contribution in [-0.2, 0) is 0 Å². The molecular weight excluding hydrogens is 406 g/mol. The Morgan fingerprint density at radius 2 is 1.87 bits per heavy atom. The second kappa shape index (κ2) is 7.50. The zero-order valence-electron chi connectivity index (χ0n) is 17.5. The minimum absolute atomic E-state index is 0.291. The highest BCUT2D eigenvalue weighted by Gasteiger charge is 2.45. The first-order chi connectivity index (χ1) is 15.2. The van der Waals surface area contributed by atoms with Crippen molar-refractivity contribution in [2.45, 2.75) is 31.2 Å². The smallest absolute Gasteiger partial charge is 0.0948 e. The minimum atomic E-state index is 0.291. The van der Waals surface area contributed by atoms with Gasteiger partial charge in [0.25, 0.3) is 0 Å². The molecule has 0 bridgehead atoms. The van der Waals surface area contributed by atoms with Crippen LogP contribution in [0.15, 0.2) is 61.1 Å². The summed E-state index contributed by atoms with van der Waals surface area (Å²) in [6.45, 7) is 4.54. The molecule has 158 valence electrons. The van der Waals surface area contributed by atoms with Gasteiger partial charge in [-0.25, -0.2) is 4.98 Å². The molecule has 4 heterocycles. The summed E-state index contributed by atoms with van der Waals surface area (Å²) < 4.78 is 0. The Morgan fingerprint density at radius 3 is 2.58 bits per heavy atom. The summed E-state index contributed by atoms with van der Waals surface area (Å²) in [7, 11) is 0. The average Bonchev–Trinajstić information content (AvgIpc) is 3.22. The Balaban J connectivity index is 1.28. The fourth-order valence-corrected chi connectivity index (χ4v) is 5.25. The average molecular weight is 432 g/mol. The topological polar surface area (TPSA) is 35.5 Å². The molecule has 2 aliphatic heterocycles. The van der Waals surface area contributed by atoms with Gasteiger partial charge in [-0.3, -0.25) is 4.98 Å². The van der Waals surface area contributed by atoms with Gasteiger partial charge in [0.1, 0.15) is 0 Å². The highest BCUT2D eigenvalue weighted by Crippen LogP contribution is 2.42. The molecular formula is C25H26ClN5. The zero-order chi connectivity index (χ0) is 20.8. The lowest BCUT2D eigenvalue weighted by atomic mass is 9.74. The number of fused-ring (bicyclic) bond motifs is 1. The van der Waals surface area contributed by atoms with E-state index in [9.17, 15) is 0 Å². The maximum atomic E-state index is 6.72. The van der Waals surface area contributed by atoms with Crippen LogP contribution in [0.2, 0.25) is 5.02 Å². The van der Waals surface area contributed by atoms with Crippen LogP contribution in [0.1, 0.15) is 25.7 Å². The molecule has 3 aromatic rings. The van der Waals surface area contributed by atoms with Crippen molar-refractivity contribution in [1.29, 1.82) is 0 Å². The molecule has 0 amide bonds. The van der Waals surface area contributed by atoms with Gasteiger partial charge in [-0.1, -0.05) is 23.7 Å². The highest BCUT2D eigenvalue weighted by atomic mass is 35.5. The molecule has 6 rings (SSSR count). The van der Waals surface area contributed by atoms with E-state index in [0.717, 1.165) is 39.7 Å². The monoisotopic (exact) mass is 431 g/mol.